The lowest BCUT2D eigenvalue weighted by molar-refractivity contribution is -0.123. The van der Waals surface area contributed by atoms with Crippen LogP contribution in [0.15, 0.2) is 18.2 Å². The fourth-order valence-corrected chi connectivity index (χ4v) is 2.67. The molecule has 108 valence electrons. The third-order valence-corrected chi connectivity index (χ3v) is 3.68. The minimum atomic E-state index is -3.33. The summed E-state index contributed by atoms with van der Waals surface area (Å²) < 4.78 is 22.3. The van der Waals surface area contributed by atoms with Gasteiger partial charge in [0.25, 0.3) is 0 Å². The van der Waals surface area contributed by atoms with Crippen molar-refractivity contribution >= 4 is 33.0 Å². The maximum atomic E-state index is 11.4. The number of aliphatic hydroxyl groups excluding tert-OH is 1. The van der Waals surface area contributed by atoms with Gasteiger partial charge in [-0.3, -0.25) is 9.59 Å². The van der Waals surface area contributed by atoms with Crippen LogP contribution in [0.3, 0.4) is 0 Å². The topological polar surface area (TPSA) is 113 Å². The van der Waals surface area contributed by atoms with E-state index in [-0.39, 0.29) is 6.42 Å². The molecule has 1 aliphatic rings. The largest absolute Gasteiger partial charge is 0.387 e. The fraction of sp³-hybridized carbons (Fsp3) is 0.333. The van der Waals surface area contributed by atoms with Crippen molar-refractivity contribution < 1.29 is 23.1 Å². The van der Waals surface area contributed by atoms with Crippen LogP contribution in [-0.4, -0.2) is 37.3 Å². The monoisotopic (exact) mass is 298 g/mol. The van der Waals surface area contributed by atoms with Crippen molar-refractivity contribution in [1.29, 1.82) is 0 Å². The predicted molar refractivity (Wildman–Crippen MR) is 73.0 cm³/mol. The second-order valence-electron chi connectivity index (χ2n) is 4.69. The number of amides is 2. The van der Waals surface area contributed by atoms with Crippen LogP contribution in [0.1, 0.15) is 18.1 Å². The van der Waals surface area contributed by atoms with Gasteiger partial charge in [0.05, 0.1) is 23.2 Å². The van der Waals surface area contributed by atoms with Crippen LogP contribution in [0.2, 0.25) is 0 Å². The Balaban J connectivity index is 2.31. The maximum Gasteiger partial charge on any atom is 0.233 e. The lowest BCUT2D eigenvalue weighted by Crippen LogP contribution is -2.16. The Morgan fingerprint density at radius 1 is 1.20 bits per heavy atom. The van der Waals surface area contributed by atoms with E-state index in [4.69, 9.17) is 0 Å². The van der Waals surface area contributed by atoms with Crippen molar-refractivity contribution in [2.75, 3.05) is 22.6 Å². The molecule has 0 saturated heterocycles. The minimum absolute atomic E-state index is 0.282. The predicted octanol–water partition coefficient (Wildman–Crippen LogP) is 0.0453. The average molecular weight is 298 g/mol. The fourth-order valence-electron chi connectivity index (χ4n) is 1.90. The molecule has 0 fully saturated rings. The van der Waals surface area contributed by atoms with E-state index in [1.54, 1.807) is 0 Å². The van der Waals surface area contributed by atoms with Crippen molar-refractivity contribution in [2.45, 2.75) is 12.5 Å². The first-order chi connectivity index (χ1) is 9.24. The molecule has 0 aromatic heterocycles. The third kappa shape index (κ3) is 3.55. The number of nitrogens with one attached hydrogen (secondary N) is 2. The van der Waals surface area contributed by atoms with Gasteiger partial charge in [0.1, 0.15) is 16.3 Å². The Hall–Kier alpha value is -1.93. The first-order valence-electron chi connectivity index (χ1n) is 5.84. The van der Waals surface area contributed by atoms with E-state index in [0.717, 1.165) is 6.26 Å². The van der Waals surface area contributed by atoms with E-state index in [1.165, 1.54) is 18.2 Å². The number of carbonyl (C=O) groups excluding carboxylic acids is 2. The number of anilines is 2. The summed E-state index contributed by atoms with van der Waals surface area (Å²) in [5.74, 6) is -1.30. The van der Waals surface area contributed by atoms with Crippen LogP contribution in [-0.2, 0) is 19.4 Å². The van der Waals surface area contributed by atoms with Crippen LogP contribution in [0, 0.1) is 0 Å². The summed E-state index contributed by atoms with van der Waals surface area (Å²) in [7, 11) is -3.33. The highest BCUT2D eigenvalue weighted by Crippen LogP contribution is 2.28. The Morgan fingerprint density at radius 3 is 2.40 bits per heavy atom. The standard InChI is InChI=1S/C12H14N2O5S/c1-20(18,19)6-10(15)7-2-3-8-9(4-7)14-12(17)5-11(16)13-8/h2-4,10,15H,5-6H2,1H3,(H,13,16)(H,14,17). The second kappa shape index (κ2) is 5.22. The summed E-state index contributed by atoms with van der Waals surface area (Å²) in [5, 5.41) is 14.9. The van der Waals surface area contributed by atoms with Crippen LogP contribution >= 0.6 is 0 Å². The first kappa shape index (κ1) is 14.5. The number of hydrogen-bond donors (Lipinski definition) is 3. The van der Waals surface area contributed by atoms with E-state index < -0.39 is 33.5 Å². The third-order valence-electron chi connectivity index (χ3n) is 2.76. The highest BCUT2D eigenvalue weighted by molar-refractivity contribution is 7.90. The smallest absolute Gasteiger partial charge is 0.233 e. The van der Waals surface area contributed by atoms with Gasteiger partial charge in [0, 0.05) is 6.26 Å². The highest BCUT2D eigenvalue weighted by atomic mass is 32.2. The second-order valence-corrected chi connectivity index (χ2v) is 6.87. The Morgan fingerprint density at radius 2 is 1.80 bits per heavy atom. The van der Waals surface area contributed by atoms with Gasteiger partial charge in [-0.2, -0.15) is 0 Å². The quantitative estimate of drug-likeness (QED) is 0.682. The van der Waals surface area contributed by atoms with E-state index >= 15 is 0 Å². The molecule has 3 N–H and O–H groups in total. The molecule has 0 radical (unpaired) electrons. The molecule has 20 heavy (non-hydrogen) atoms. The molecular weight excluding hydrogens is 284 g/mol. The van der Waals surface area contributed by atoms with Gasteiger partial charge in [-0.05, 0) is 17.7 Å². The SMILES string of the molecule is CS(=O)(=O)CC(O)c1ccc2c(c1)NC(=O)CC(=O)N2. The van der Waals surface area contributed by atoms with Crippen molar-refractivity contribution in [3.63, 3.8) is 0 Å². The maximum absolute atomic E-state index is 11.4. The molecule has 1 aromatic carbocycles. The minimum Gasteiger partial charge on any atom is -0.387 e. The van der Waals surface area contributed by atoms with Crippen LogP contribution in [0.25, 0.3) is 0 Å². The van der Waals surface area contributed by atoms with Gasteiger partial charge in [0.15, 0.2) is 0 Å². The Labute approximate surface area is 115 Å². The van der Waals surface area contributed by atoms with Crippen LogP contribution < -0.4 is 10.6 Å². The molecule has 1 atom stereocenters. The summed E-state index contributed by atoms with van der Waals surface area (Å²) >= 11 is 0. The average Bonchev–Trinajstić information content (AvgIpc) is 2.42. The van der Waals surface area contributed by atoms with E-state index in [9.17, 15) is 23.1 Å². The molecule has 2 amide bonds. The number of benzene rings is 1. The Kier molecular flexibility index (Phi) is 3.78. The molecule has 2 rings (SSSR count). The van der Waals surface area contributed by atoms with Crippen LogP contribution in [0.4, 0.5) is 11.4 Å². The van der Waals surface area contributed by atoms with Gasteiger partial charge in [-0.25, -0.2) is 8.42 Å². The van der Waals surface area contributed by atoms with E-state index in [1.807, 2.05) is 0 Å². The molecule has 1 unspecified atom stereocenters. The lowest BCUT2D eigenvalue weighted by Gasteiger charge is -2.13. The molecule has 0 bridgehead atoms. The number of aliphatic hydroxyl groups is 1. The number of carbonyl (C=O) groups is 2. The van der Waals surface area contributed by atoms with Gasteiger partial charge in [-0.15, -0.1) is 0 Å². The van der Waals surface area contributed by atoms with Gasteiger partial charge in [0.2, 0.25) is 11.8 Å². The molecular formula is C12H14N2O5S. The molecule has 0 spiro atoms. The summed E-state index contributed by atoms with van der Waals surface area (Å²) in [6.07, 6.45) is -0.441. The first-order valence-corrected chi connectivity index (χ1v) is 7.90. The van der Waals surface area contributed by atoms with E-state index in [0.29, 0.717) is 16.9 Å². The molecule has 7 nitrogen and oxygen atoms in total. The van der Waals surface area contributed by atoms with E-state index in [2.05, 4.69) is 10.6 Å². The van der Waals surface area contributed by atoms with Crippen molar-refractivity contribution in [3.8, 4) is 0 Å². The zero-order chi connectivity index (χ0) is 14.9. The summed E-state index contributed by atoms with van der Waals surface area (Å²) in [6.45, 7) is 0. The molecule has 1 aromatic rings. The lowest BCUT2D eigenvalue weighted by atomic mass is 10.1. The zero-order valence-corrected chi connectivity index (χ0v) is 11.5. The Bertz CT molecular complexity index is 668. The molecule has 0 aliphatic carbocycles. The number of fused-ring (bicyclic) bond motifs is 1. The number of hydrogen-bond acceptors (Lipinski definition) is 5. The van der Waals surface area contributed by atoms with Gasteiger partial charge < -0.3 is 15.7 Å². The normalized spacial score (nSPS) is 16.7. The van der Waals surface area contributed by atoms with Crippen molar-refractivity contribution in [3.05, 3.63) is 23.8 Å². The molecule has 1 heterocycles. The molecule has 0 saturated carbocycles. The van der Waals surface area contributed by atoms with Crippen molar-refractivity contribution in [1.82, 2.24) is 0 Å². The van der Waals surface area contributed by atoms with Gasteiger partial charge >= 0.3 is 0 Å². The zero-order valence-electron chi connectivity index (χ0n) is 10.7. The summed E-state index contributed by atoms with van der Waals surface area (Å²) in [5.41, 5.74) is 1.10. The highest BCUT2D eigenvalue weighted by Gasteiger charge is 2.21. The molecule has 1 aliphatic heterocycles. The summed E-state index contributed by atoms with van der Waals surface area (Å²) in [4.78, 5) is 22.8. The van der Waals surface area contributed by atoms with Gasteiger partial charge in [-0.1, -0.05) is 6.07 Å². The molecule has 8 heteroatoms. The summed E-state index contributed by atoms with van der Waals surface area (Å²) in [6, 6.07) is 4.47. The van der Waals surface area contributed by atoms with Crippen LogP contribution in [0.5, 0.6) is 0 Å². The van der Waals surface area contributed by atoms with Crippen molar-refractivity contribution in [2.24, 2.45) is 0 Å². The number of rotatable bonds is 3. The number of sulfone groups is 1.